The van der Waals surface area contributed by atoms with Gasteiger partial charge in [-0.2, -0.15) is 0 Å². The number of piperidine rings is 1. The molecule has 2 fully saturated rings. The molecule has 2 amide bonds. The predicted molar refractivity (Wildman–Crippen MR) is 99.7 cm³/mol. The summed E-state index contributed by atoms with van der Waals surface area (Å²) in [5.41, 5.74) is 1.87. The second-order valence-electron chi connectivity index (χ2n) is 7.66. The van der Waals surface area contributed by atoms with Crippen LogP contribution in [0.5, 0.6) is 0 Å². The van der Waals surface area contributed by atoms with E-state index < -0.39 is 27.7 Å². The van der Waals surface area contributed by atoms with E-state index in [0.29, 0.717) is 13.1 Å². The van der Waals surface area contributed by atoms with Gasteiger partial charge in [-0.1, -0.05) is 13.8 Å². The van der Waals surface area contributed by atoms with Crippen LogP contribution in [0, 0.1) is 11.3 Å². The summed E-state index contributed by atoms with van der Waals surface area (Å²) in [7, 11) is -3.36. The van der Waals surface area contributed by atoms with Crippen molar-refractivity contribution >= 4 is 33.0 Å². The van der Waals surface area contributed by atoms with Gasteiger partial charge in [0, 0.05) is 18.5 Å². The quantitative estimate of drug-likeness (QED) is 0.824. The third kappa shape index (κ3) is 4.09. The molecular weight excluding hydrogens is 374 g/mol. The van der Waals surface area contributed by atoms with E-state index in [1.807, 2.05) is 0 Å². The highest BCUT2D eigenvalue weighted by Crippen LogP contribution is 2.34. The third-order valence-electron chi connectivity index (χ3n) is 5.60. The Labute approximate surface area is 158 Å². The van der Waals surface area contributed by atoms with Gasteiger partial charge in [-0.25, -0.2) is 13.4 Å². The molecule has 1 unspecified atom stereocenters. The van der Waals surface area contributed by atoms with Crippen LogP contribution in [0.3, 0.4) is 0 Å². The van der Waals surface area contributed by atoms with Crippen LogP contribution in [0.15, 0.2) is 10.9 Å². The normalized spacial score (nSPS) is 30.9. The summed E-state index contributed by atoms with van der Waals surface area (Å²) in [6.45, 7) is 5.58. The van der Waals surface area contributed by atoms with Crippen molar-refractivity contribution in [2.75, 3.05) is 24.6 Å². The summed E-state index contributed by atoms with van der Waals surface area (Å²) >= 11 is 1.29. The van der Waals surface area contributed by atoms with Gasteiger partial charge in [0.15, 0.2) is 9.84 Å². The minimum absolute atomic E-state index is 0.0741. The first-order valence-electron chi connectivity index (χ1n) is 8.91. The number of amides is 2. The number of carbonyl (C=O) groups is 2. The molecule has 0 saturated carbocycles. The lowest BCUT2D eigenvalue weighted by molar-refractivity contribution is -0.138. The first kappa shape index (κ1) is 19.3. The summed E-state index contributed by atoms with van der Waals surface area (Å²) in [4.78, 5) is 31.1. The van der Waals surface area contributed by atoms with Gasteiger partial charge in [-0.3, -0.25) is 9.59 Å². The number of thiazole rings is 1. The molecule has 2 aliphatic rings. The molecule has 3 atom stereocenters. The van der Waals surface area contributed by atoms with Gasteiger partial charge in [0.25, 0.3) is 5.91 Å². The molecule has 1 N–H and O–H groups in total. The van der Waals surface area contributed by atoms with E-state index in [4.69, 9.17) is 0 Å². The fourth-order valence-corrected chi connectivity index (χ4v) is 6.28. The van der Waals surface area contributed by atoms with E-state index in [9.17, 15) is 18.0 Å². The van der Waals surface area contributed by atoms with E-state index in [-0.39, 0.29) is 28.5 Å². The monoisotopic (exact) mass is 399 g/mol. The topological polar surface area (TPSA) is 96.4 Å². The van der Waals surface area contributed by atoms with Crippen LogP contribution >= 0.6 is 11.3 Å². The lowest BCUT2D eigenvalue weighted by Gasteiger charge is -2.41. The number of hydrogen-bond donors (Lipinski definition) is 1. The van der Waals surface area contributed by atoms with Gasteiger partial charge in [0.05, 0.1) is 29.0 Å². The zero-order chi connectivity index (χ0) is 18.9. The average Bonchev–Trinajstić information content (AvgIpc) is 3.22. The van der Waals surface area contributed by atoms with Crippen molar-refractivity contribution in [3.8, 4) is 0 Å². The standard InChI is InChI=1S/C17H25N3O4S2/c1-3-17(2)5-4-6-20(10-17)16(22)12-8-26(23,24)9-14(12)19-15(21)13-7-25-11-18-13/h7,11-12,14H,3-6,8-10H2,1-2H3,(H,19,21)/t12-,14-,17?/m1/s1. The Morgan fingerprint density at radius 3 is 2.85 bits per heavy atom. The van der Waals surface area contributed by atoms with Gasteiger partial charge in [0.1, 0.15) is 5.69 Å². The molecular formula is C17H25N3O4S2. The van der Waals surface area contributed by atoms with E-state index >= 15 is 0 Å². The second kappa shape index (κ2) is 7.26. The van der Waals surface area contributed by atoms with Crippen molar-refractivity contribution in [3.05, 3.63) is 16.6 Å². The molecule has 3 heterocycles. The molecule has 0 aromatic carbocycles. The molecule has 0 spiro atoms. The molecule has 2 aliphatic heterocycles. The number of hydrogen-bond acceptors (Lipinski definition) is 6. The highest BCUT2D eigenvalue weighted by atomic mass is 32.2. The summed E-state index contributed by atoms with van der Waals surface area (Å²) in [6, 6.07) is -0.698. The molecule has 144 valence electrons. The van der Waals surface area contributed by atoms with Crippen molar-refractivity contribution in [1.82, 2.24) is 15.2 Å². The van der Waals surface area contributed by atoms with Gasteiger partial charge in [-0.15, -0.1) is 11.3 Å². The van der Waals surface area contributed by atoms with Crippen LogP contribution in [0.2, 0.25) is 0 Å². The zero-order valence-electron chi connectivity index (χ0n) is 15.1. The molecule has 3 rings (SSSR count). The van der Waals surface area contributed by atoms with Crippen LogP contribution in [0.1, 0.15) is 43.6 Å². The molecule has 7 nitrogen and oxygen atoms in total. The Balaban J connectivity index is 1.75. The molecule has 1 aromatic rings. The third-order valence-corrected chi connectivity index (χ3v) is 7.92. The van der Waals surface area contributed by atoms with Crippen LogP contribution < -0.4 is 5.32 Å². The second-order valence-corrected chi connectivity index (χ2v) is 10.5. The van der Waals surface area contributed by atoms with E-state index in [2.05, 4.69) is 24.1 Å². The van der Waals surface area contributed by atoms with Crippen LogP contribution in [0.25, 0.3) is 0 Å². The maximum absolute atomic E-state index is 13.1. The Morgan fingerprint density at radius 2 is 2.19 bits per heavy atom. The largest absolute Gasteiger partial charge is 0.346 e. The minimum atomic E-state index is -3.36. The number of likely N-dealkylation sites (tertiary alicyclic amines) is 1. The van der Waals surface area contributed by atoms with Crippen molar-refractivity contribution in [1.29, 1.82) is 0 Å². The van der Waals surface area contributed by atoms with Crippen molar-refractivity contribution in [3.63, 3.8) is 0 Å². The SMILES string of the molecule is CCC1(C)CCCN(C(=O)[C@@H]2CS(=O)(=O)C[C@H]2NC(=O)c2cscn2)C1. The molecule has 26 heavy (non-hydrogen) atoms. The number of aromatic nitrogens is 1. The number of rotatable bonds is 4. The first-order chi connectivity index (χ1) is 12.2. The Morgan fingerprint density at radius 1 is 1.42 bits per heavy atom. The van der Waals surface area contributed by atoms with Crippen LogP contribution in [-0.2, 0) is 14.6 Å². The van der Waals surface area contributed by atoms with E-state index in [1.165, 1.54) is 11.3 Å². The maximum Gasteiger partial charge on any atom is 0.271 e. The van der Waals surface area contributed by atoms with Gasteiger partial charge >= 0.3 is 0 Å². The van der Waals surface area contributed by atoms with Crippen molar-refractivity contribution in [2.24, 2.45) is 11.3 Å². The summed E-state index contributed by atoms with van der Waals surface area (Å²) in [5, 5.41) is 4.32. The lowest BCUT2D eigenvalue weighted by Crippen LogP contribution is -2.51. The van der Waals surface area contributed by atoms with E-state index in [1.54, 1.807) is 15.8 Å². The molecule has 1 aromatic heterocycles. The van der Waals surface area contributed by atoms with E-state index in [0.717, 1.165) is 19.3 Å². The smallest absolute Gasteiger partial charge is 0.271 e. The number of carbonyl (C=O) groups excluding carboxylic acids is 2. The molecule has 2 saturated heterocycles. The van der Waals surface area contributed by atoms with Crippen molar-refractivity contribution < 1.29 is 18.0 Å². The van der Waals surface area contributed by atoms with Crippen LogP contribution in [-0.4, -0.2) is 60.8 Å². The van der Waals surface area contributed by atoms with Gasteiger partial charge < -0.3 is 10.2 Å². The highest BCUT2D eigenvalue weighted by Gasteiger charge is 2.45. The molecule has 0 bridgehead atoms. The summed E-state index contributed by atoms with van der Waals surface area (Å²) < 4.78 is 24.3. The predicted octanol–water partition coefficient (Wildman–Crippen LogP) is 1.32. The number of sulfone groups is 1. The average molecular weight is 400 g/mol. The molecule has 9 heteroatoms. The Bertz CT molecular complexity index is 778. The van der Waals surface area contributed by atoms with Gasteiger partial charge in [0.2, 0.25) is 5.91 Å². The van der Waals surface area contributed by atoms with Crippen LogP contribution in [0.4, 0.5) is 0 Å². The molecule has 0 radical (unpaired) electrons. The summed E-state index contributed by atoms with van der Waals surface area (Å²) in [6.07, 6.45) is 2.97. The highest BCUT2D eigenvalue weighted by molar-refractivity contribution is 7.91. The van der Waals surface area contributed by atoms with Crippen molar-refractivity contribution in [2.45, 2.75) is 39.2 Å². The fraction of sp³-hybridized carbons (Fsp3) is 0.706. The lowest BCUT2D eigenvalue weighted by atomic mass is 9.79. The minimum Gasteiger partial charge on any atom is -0.346 e. The Kier molecular flexibility index (Phi) is 5.39. The number of nitrogens with zero attached hydrogens (tertiary/aromatic N) is 2. The number of nitrogens with one attached hydrogen (secondary N) is 1. The molecule has 0 aliphatic carbocycles. The van der Waals surface area contributed by atoms with Gasteiger partial charge in [-0.05, 0) is 24.7 Å². The summed E-state index contributed by atoms with van der Waals surface area (Å²) in [5.74, 6) is -1.70. The Hall–Kier alpha value is -1.48. The fourth-order valence-electron chi connectivity index (χ4n) is 3.83. The zero-order valence-corrected chi connectivity index (χ0v) is 16.7. The first-order valence-corrected chi connectivity index (χ1v) is 11.7. The maximum atomic E-state index is 13.1.